The van der Waals surface area contributed by atoms with Crippen LogP contribution in [0.2, 0.25) is 5.02 Å². The predicted octanol–water partition coefficient (Wildman–Crippen LogP) is 2.44. The summed E-state index contributed by atoms with van der Waals surface area (Å²) in [6.45, 7) is 3.98. The van der Waals surface area contributed by atoms with Gasteiger partial charge in [0.1, 0.15) is 17.3 Å². The molecule has 0 aliphatic rings. The number of methoxy groups -OCH3 is 1. The van der Waals surface area contributed by atoms with Crippen LogP contribution in [0.25, 0.3) is 0 Å². The van der Waals surface area contributed by atoms with Crippen LogP contribution < -0.4 is 20.5 Å². The molecule has 0 bridgehead atoms. The maximum atomic E-state index is 11.3. The fourth-order valence-corrected chi connectivity index (χ4v) is 1.80. The molecule has 8 heteroatoms. The minimum atomic E-state index is -0.489. The van der Waals surface area contributed by atoms with Crippen LogP contribution in [0.5, 0.6) is 11.5 Å². The van der Waals surface area contributed by atoms with E-state index < -0.39 is 5.56 Å². The van der Waals surface area contributed by atoms with Gasteiger partial charge < -0.3 is 9.47 Å². The van der Waals surface area contributed by atoms with Crippen molar-refractivity contribution >= 4 is 23.5 Å². The van der Waals surface area contributed by atoms with Gasteiger partial charge in [0.05, 0.1) is 19.5 Å². The normalized spacial score (nSPS) is 10.5. The second-order valence-corrected chi connectivity index (χ2v) is 4.68. The van der Waals surface area contributed by atoms with Crippen molar-refractivity contribution in [2.75, 3.05) is 19.1 Å². The number of H-pyrrole nitrogens is 1. The molecule has 0 spiro atoms. The molecule has 2 aromatic rings. The summed E-state index contributed by atoms with van der Waals surface area (Å²) >= 11 is 5.83. The Hall–Kier alpha value is -2.80. The molecule has 0 aliphatic carbocycles. The Morgan fingerprint density at radius 1 is 1.48 bits per heavy atom. The molecule has 2 rings (SSSR count). The smallest absolute Gasteiger partial charge is 0.285 e. The van der Waals surface area contributed by atoms with Crippen molar-refractivity contribution in [2.24, 2.45) is 5.10 Å². The first-order valence-electron chi connectivity index (χ1n) is 6.59. The predicted molar refractivity (Wildman–Crippen MR) is 89.8 cm³/mol. The zero-order chi connectivity index (χ0) is 16.7. The highest BCUT2D eigenvalue weighted by Gasteiger charge is 2.05. The monoisotopic (exact) mass is 334 g/mol. The summed E-state index contributed by atoms with van der Waals surface area (Å²) in [5.74, 6) is 1.19. The first kappa shape index (κ1) is 16.6. The lowest BCUT2D eigenvalue weighted by Crippen LogP contribution is -2.10. The molecule has 7 nitrogen and oxygen atoms in total. The van der Waals surface area contributed by atoms with Crippen molar-refractivity contribution in [3.63, 3.8) is 0 Å². The van der Waals surface area contributed by atoms with Crippen LogP contribution in [-0.2, 0) is 0 Å². The molecule has 1 heterocycles. The van der Waals surface area contributed by atoms with E-state index in [1.165, 1.54) is 6.20 Å². The van der Waals surface area contributed by atoms with Gasteiger partial charge >= 0.3 is 0 Å². The summed E-state index contributed by atoms with van der Waals surface area (Å²) < 4.78 is 10.7. The molecule has 0 aliphatic heterocycles. The number of halogens is 1. The molecule has 0 saturated heterocycles. The molecule has 1 aromatic heterocycles. The summed E-state index contributed by atoms with van der Waals surface area (Å²) in [7, 11) is 1.55. The van der Waals surface area contributed by atoms with Gasteiger partial charge in [-0.2, -0.15) is 10.2 Å². The second kappa shape index (κ2) is 8.00. The highest BCUT2D eigenvalue weighted by Crippen LogP contribution is 2.27. The minimum absolute atomic E-state index is 0.0112. The highest BCUT2D eigenvalue weighted by atomic mass is 35.5. The number of benzene rings is 1. The lowest BCUT2D eigenvalue weighted by atomic mass is 10.2. The standard InChI is InChI=1S/C15H15ClN4O3/c1-3-6-23-12-5-4-10(7-13(12)22-2)8-17-19-11-9-18-20-15(21)14(11)16/h3-5,7-9H,1,6H2,2H3,(H2,19,20,21)/b17-8-. The van der Waals surface area contributed by atoms with E-state index in [4.69, 9.17) is 21.1 Å². The maximum Gasteiger partial charge on any atom is 0.285 e. The average Bonchev–Trinajstić information content (AvgIpc) is 2.57. The first-order chi connectivity index (χ1) is 11.2. The van der Waals surface area contributed by atoms with Crippen LogP contribution in [-0.4, -0.2) is 30.1 Å². The van der Waals surface area contributed by atoms with Crippen LogP contribution in [0.3, 0.4) is 0 Å². The summed E-state index contributed by atoms with van der Waals surface area (Å²) in [5, 5.41) is 9.86. The van der Waals surface area contributed by atoms with Gasteiger partial charge in [0.15, 0.2) is 11.5 Å². The van der Waals surface area contributed by atoms with E-state index in [1.54, 1.807) is 31.5 Å². The van der Waals surface area contributed by atoms with Crippen LogP contribution in [0.15, 0.2) is 46.9 Å². The zero-order valence-corrected chi connectivity index (χ0v) is 13.1. The van der Waals surface area contributed by atoms with Gasteiger partial charge in [0.25, 0.3) is 5.56 Å². The maximum absolute atomic E-state index is 11.3. The molecule has 0 atom stereocenters. The van der Waals surface area contributed by atoms with Gasteiger partial charge in [0.2, 0.25) is 0 Å². The molecule has 23 heavy (non-hydrogen) atoms. The molecular formula is C15H15ClN4O3. The molecule has 0 radical (unpaired) electrons. The second-order valence-electron chi connectivity index (χ2n) is 4.31. The van der Waals surface area contributed by atoms with Crippen molar-refractivity contribution in [3.05, 3.63) is 58.0 Å². The third-order valence-corrected chi connectivity index (χ3v) is 3.11. The van der Waals surface area contributed by atoms with E-state index in [0.29, 0.717) is 23.8 Å². The van der Waals surface area contributed by atoms with E-state index in [1.807, 2.05) is 6.07 Å². The average molecular weight is 335 g/mol. The lowest BCUT2D eigenvalue weighted by molar-refractivity contribution is 0.326. The van der Waals surface area contributed by atoms with Crippen molar-refractivity contribution in [1.29, 1.82) is 0 Å². The van der Waals surface area contributed by atoms with Crippen LogP contribution in [0, 0.1) is 0 Å². The molecule has 0 fully saturated rings. The summed E-state index contributed by atoms with van der Waals surface area (Å²) in [5.41, 5.74) is 3.25. The number of anilines is 1. The van der Waals surface area contributed by atoms with E-state index in [9.17, 15) is 4.79 Å². The summed E-state index contributed by atoms with van der Waals surface area (Å²) in [4.78, 5) is 11.3. The number of hydrazone groups is 1. The third-order valence-electron chi connectivity index (χ3n) is 2.74. The van der Waals surface area contributed by atoms with E-state index in [-0.39, 0.29) is 5.02 Å². The van der Waals surface area contributed by atoms with E-state index in [0.717, 1.165) is 5.56 Å². The number of ether oxygens (including phenoxy) is 2. The Kier molecular flexibility index (Phi) is 5.76. The van der Waals surface area contributed by atoms with Crippen LogP contribution in [0.4, 0.5) is 5.69 Å². The van der Waals surface area contributed by atoms with E-state index >= 15 is 0 Å². The SMILES string of the molecule is C=CCOc1ccc(/C=N\Nc2cn[nH]c(=O)c2Cl)cc1OC. The van der Waals surface area contributed by atoms with Crippen molar-refractivity contribution < 1.29 is 9.47 Å². The highest BCUT2D eigenvalue weighted by molar-refractivity contribution is 6.32. The Balaban J connectivity index is 2.11. The fraction of sp³-hybridized carbons (Fsp3) is 0.133. The van der Waals surface area contributed by atoms with E-state index in [2.05, 4.69) is 27.3 Å². The fourth-order valence-electron chi connectivity index (χ4n) is 1.67. The topological polar surface area (TPSA) is 88.6 Å². The molecule has 1 aromatic carbocycles. The number of rotatable bonds is 7. The molecular weight excluding hydrogens is 320 g/mol. The van der Waals surface area contributed by atoms with Crippen molar-refractivity contribution in [3.8, 4) is 11.5 Å². The Morgan fingerprint density at radius 3 is 3.04 bits per heavy atom. The van der Waals surface area contributed by atoms with Crippen molar-refractivity contribution in [2.45, 2.75) is 0 Å². The molecule has 2 N–H and O–H groups in total. The Labute approximate surface area is 137 Å². The van der Waals surface area contributed by atoms with Gasteiger partial charge in [0, 0.05) is 0 Å². The molecule has 0 unspecified atom stereocenters. The Bertz CT molecular complexity index is 774. The quantitative estimate of drug-likeness (QED) is 0.461. The number of nitrogens with zero attached hydrogens (tertiary/aromatic N) is 2. The number of aromatic nitrogens is 2. The van der Waals surface area contributed by atoms with Crippen molar-refractivity contribution in [1.82, 2.24) is 10.2 Å². The summed E-state index contributed by atoms with van der Waals surface area (Å²) in [6, 6.07) is 5.34. The number of hydrogen-bond donors (Lipinski definition) is 2. The van der Waals surface area contributed by atoms with Gasteiger partial charge in [-0.25, -0.2) is 5.10 Å². The lowest BCUT2D eigenvalue weighted by Gasteiger charge is -2.09. The molecule has 0 amide bonds. The number of aromatic amines is 1. The third kappa shape index (κ3) is 4.33. The van der Waals surface area contributed by atoms with Crippen LogP contribution in [0.1, 0.15) is 5.56 Å². The van der Waals surface area contributed by atoms with Gasteiger partial charge in [-0.3, -0.25) is 10.2 Å². The molecule has 120 valence electrons. The largest absolute Gasteiger partial charge is 0.493 e. The minimum Gasteiger partial charge on any atom is -0.493 e. The first-order valence-corrected chi connectivity index (χ1v) is 6.97. The Morgan fingerprint density at radius 2 is 2.30 bits per heavy atom. The summed E-state index contributed by atoms with van der Waals surface area (Å²) in [6.07, 6.45) is 4.57. The number of nitrogens with one attached hydrogen (secondary N) is 2. The van der Waals surface area contributed by atoms with Gasteiger partial charge in [-0.05, 0) is 23.8 Å². The number of hydrogen-bond acceptors (Lipinski definition) is 6. The van der Waals surface area contributed by atoms with Gasteiger partial charge in [-0.1, -0.05) is 24.3 Å². The molecule has 0 saturated carbocycles. The van der Waals surface area contributed by atoms with Gasteiger partial charge in [-0.15, -0.1) is 0 Å². The zero-order valence-electron chi connectivity index (χ0n) is 12.4. The van der Waals surface area contributed by atoms with Crippen LogP contribution >= 0.6 is 11.6 Å².